The molecule has 0 bridgehead atoms. The molecule has 2 atom stereocenters. The van der Waals surface area contributed by atoms with Crippen LogP contribution < -0.4 is 5.32 Å². The Bertz CT molecular complexity index is 537. The van der Waals surface area contributed by atoms with E-state index < -0.39 is 0 Å². The molecule has 114 valence electrons. The van der Waals surface area contributed by atoms with Crippen molar-refractivity contribution in [2.45, 2.75) is 38.1 Å². The van der Waals surface area contributed by atoms with Crippen LogP contribution in [0.2, 0.25) is 0 Å². The number of amides is 2. The topological polar surface area (TPSA) is 54.3 Å². The zero-order valence-electron chi connectivity index (χ0n) is 12.5. The second-order valence-corrected chi connectivity index (χ2v) is 6.15. The fourth-order valence-corrected chi connectivity index (χ4v) is 3.51. The third-order valence-corrected chi connectivity index (χ3v) is 4.69. The molecule has 2 amide bonds. The summed E-state index contributed by atoms with van der Waals surface area (Å²) in [5.74, 6) is -0.0431. The maximum atomic E-state index is 12.8. The molecule has 1 aromatic heterocycles. The summed E-state index contributed by atoms with van der Waals surface area (Å²) in [6.07, 6.45) is 6.77. The lowest BCUT2D eigenvalue weighted by Crippen LogP contribution is -2.40. The van der Waals surface area contributed by atoms with Gasteiger partial charge in [-0.25, -0.2) is 0 Å². The fourth-order valence-electron chi connectivity index (χ4n) is 3.51. The van der Waals surface area contributed by atoms with Crippen molar-refractivity contribution < 1.29 is 9.59 Å². The fraction of sp³-hybridized carbons (Fsp3) is 0.625. The summed E-state index contributed by atoms with van der Waals surface area (Å²) in [7, 11) is 2.03. The quantitative estimate of drug-likeness (QED) is 0.899. The van der Waals surface area contributed by atoms with Crippen LogP contribution in [0, 0.1) is 5.92 Å². The van der Waals surface area contributed by atoms with E-state index in [1.165, 1.54) is 12.1 Å². The number of aryl methyl sites for hydroxylation is 1. The summed E-state index contributed by atoms with van der Waals surface area (Å²) in [5.41, 5.74) is 1.20. The molecule has 0 saturated carbocycles. The molecule has 3 rings (SSSR count). The van der Waals surface area contributed by atoms with Crippen LogP contribution in [0.1, 0.15) is 43.8 Å². The third-order valence-electron chi connectivity index (χ3n) is 4.69. The molecule has 1 N–H and O–H groups in total. The molecular formula is C16H23N3O2. The first-order chi connectivity index (χ1) is 10.2. The summed E-state index contributed by atoms with van der Waals surface area (Å²) < 4.78 is 2.11. The molecule has 0 aromatic carbocycles. The maximum Gasteiger partial charge on any atom is 0.228 e. The van der Waals surface area contributed by atoms with Gasteiger partial charge in [-0.15, -0.1) is 0 Å². The molecule has 0 radical (unpaired) electrons. The average Bonchev–Trinajstić information content (AvgIpc) is 3.00. The van der Waals surface area contributed by atoms with Gasteiger partial charge in [0.05, 0.1) is 12.0 Å². The number of aromatic nitrogens is 1. The third kappa shape index (κ3) is 2.82. The van der Waals surface area contributed by atoms with Crippen LogP contribution in [0.15, 0.2) is 18.3 Å². The molecule has 5 nitrogen and oxygen atoms in total. The Morgan fingerprint density at radius 3 is 2.86 bits per heavy atom. The van der Waals surface area contributed by atoms with Crippen molar-refractivity contribution in [1.29, 1.82) is 0 Å². The van der Waals surface area contributed by atoms with E-state index >= 15 is 0 Å². The lowest BCUT2D eigenvalue weighted by Gasteiger charge is -2.32. The largest absolute Gasteiger partial charge is 0.355 e. The van der Waals surface area contributed by atoms with Crippen molar-refractivity contribution >= 4 is 11.8 Å². The van der Waals surface area contributed by atoms with Crippen molar-refractivity contribution in [3.63, 3.8) is 0 Å². The first-order valence-electron chi connectivity index (χ1n) is 7.85. The molecule has 3 heterocycles. The van der Waals surface area contributed by atoms with Gasteiger partial charge in [0, 0.05) is 38.4 Å². The zero-order valence-corrected chi connectivity index (χ0v) is 12.5. The van der Waals surface area contributed by atoms with E-state index in [0.717, 1.165) is 25.8 Å². The van der Waals surface area contributed by atoms with Gasteiger partial charge < -0.3 is 14.8 Å². The number of carbonyl (C=O) groups excluding carboxylic acids is 2. The van der Waals surface area contributed by atoms with Gasteiger partial charge in [-0.3, -0.25) is 9.59 Å². The van der Waals surface area contributed by atoms with Crippen LogP contribution >= 0.6 is 0 Å². The van der Waals surface area contributed by atoms with Gasteiger partial charge in [-0.2, -0.15) is 0 Å². The molecule has 2 fully saturated rings. The van der Waals surface area contributed by atoms with Crippen LogP contribution in [0.25, 0.3) is 0 Å². The first kappa shape index (κ1) is 14.2. The lowest BCUT2D eigenvalue weighted by molar-refractivity contribution is -0.138. The summed E-state index contributed by atoms with van der Waals surface area (Å²) in [6.45, 7) is 1.30. The van der Waals surface area contributed by atoms with Crippen LogP contribution in [-0.2, 0) is 16.6 Å². The summed E-state index contributed by atoms with van der Waals surface area (Å²) in [6, 6.07) is 4.29. The molecular weight excluding hydrogens is 266 g/mol. The Balaban J connectivity index is 1.83. The smallest absolute Gasteiger partial charge is 0.228 e. The molecule has 5 heteroatoms. The van der Waals surface area contributed by atoms with Crippen molar-refractivity contribution in [1.82, 2.24) is 14.8 Å². The summed E-state index contributed by atoms with van der Waals surface area (Å²) in [5, 5.41) is 2.77. The summed E-state index contributed by atoms with van der Waals surface area (Å²) in [4.78, 5) is 26.2. The minimum absolute atomic E-state index is 0.00131. The normalized spacial score (nSPS) is 26.5. The van der Waals surface area contributed by atoms with Gasteiger partial charge in [0.15, 0.2) is 0 Å². The van der Waals surface area contributed by atoms with E-state index in [2.05, 4.69) is 16.0 Å². The number of hydrogen-bond donors (Lipinski definition) is 1. The molecule has 21 heavy (non-hydrogen) atoms. The second kappa shape index (κ2) is 5.92. The SMILES string of the molecule is Cn1cccc1C1CCCCCN1C(=O)C1CNC(=O)C1. The van der Waals surface area contributed by atoms with Gasteiger partial charge in [-0.1, -0.05) is 12.8 Å². The molecule has 2 saturated heterocycles. The number of likely N-dealkylation sites (tertiary alicyclic amines) is 1. The molecule has 0 spiro atoms. The Hall–Kier alpha value is -1.78. The monoisotopic (exact) mass is 289 g/mol. The highest BCUT2D eigenvalue weighted by molar-refractivity contribution is 5.89. The standard InChI is InChI=1S/C16H23N3O2/c1-18-8-5-7-13(18)14-6-3-2-4-9-19(14)16(21)12-10-15(20)17-11-12/h5,7-8,12,14H,2-4,6,9-11H2,1H3,(H,17,20). The van der Waals surface area contributed by atoms with Gasteiger partial charge in [0.25, 0.3) is 0 Å². The van der Waals surface area contributed by atoms with E-state index in [1.807, 2.05) is 24.2 Å². The summed E-state index contributed by atoms with van der Waals surface area (Å²) >= 11 is 0. The minimum atomic E-state index is -0.182. The van der Waals surface area contributed by atoms with Crippen LogP contribution in [-0.4, -0.2) is 34.4 Å². The maximum absolute atomic E-state index is 12.8. The highest BCUT2D eigenvalue weighted by Crippen LogP contribution is 2.32. The Labute approximate surface area is 125 Å². The molecule has 0 aliphatic carbocycles. The molecule has 2 aliphatic rings. The van der Waals surface area contributed by atoms with Gasteiger partial charge >= 0.3 is 0 Å². The minimum Gasteiger partial charge on any atom is -0.355 e. The van der Waals surface area contributed by atoms with E-state index in [0.29, 0.717) is 13.0 Å². The number of hydrogen-bond acceptors (Lipinski definition) is 2. The van der Waals surface area contributed by atoms with Crippen molar-refractivity contribution in [2.75, 3.05) is 13.1 Å². The molecule has 2 unspecified atom stereocenters. The van der Waals surface area contributed by atoms with Crippen molar-refractivity contribution in [2.24, 2.45) is 13.0 Å². The highest BCUT2D eigenvalue weighted by Gasteiger charge is 2.35. The van der Waals surface area contributed by atoms with Crippen molar-refractivity contribution in [3.8, 4) is 0 Å². The zero-order chi connectivity index (χ0) is 14.8. The van der Waals surface area contributed by atoms with Crippen LogP contribution in [0.4, 0.5) is 0 Å². The number of carbonyl (C=O) groups is 2. The van der Waals surface area contributed by atoms with E-state index in [9.17, 15) is 9.59 Å². The second-order valence-electron chi connectivity index (χ2n) is 6.15. The van der Waals surface area contributed by atoms with Gasteiger partial charge in [-0.05, 0) is 25.0 Å². The van der Waals surface area contributed by atoms with Crippen molar-refractivity contribution in [3.05, 3.63) is 24.0 Å². The van der Waals surface area contributed by atoms with E-state index in [1.54, 1.807) is 0 Å². The lowest BCUT2D eigenvalue weighted by atomic mass is 10.0. The molecule has 1 aromatic rings. The Morgan fingerprint density at radius 1 is 1.33 bits per heavy atom. The highest BCUT2D eigenvalue weighted by atomic mass is 16.2. The molecule has 2 aliphatic heterocycles. The average molecular weight is 289 g/mol. The van der Waals surface area contributed by atoms with E-state index in [-0.39, 0.29) is 23.8 Å². The Kier molecular flexibility index (Phi) is 3.99. The Morgan fingerprint density at radius 2 is 2.19 bits per heavy atom. The van der Waals surface area contributed by atoms with Crippen LogP contribution in [0.5, 0.6) is 0 Å². The predicted octanol–water partition coefficient (Wildman–Crippen LogP) is 1.60. The number of rotatable bonds is 2. The number of nitrogens with one attached hydrogen (secondary N) is 1. The van der Waals surface area contributed by atoms with E-state index in [4.69, 9.17) is 0 Å². The predicted molar refractivity (Wildman–Crippen MR) is 79.5 cm³/mol. The first-order valence-corrected chi connectivity index (χ1v) is 7.85. The van der Waals surface area contributed by atoms with Gasteiger partial charge in [0.2, 0.25) is 11.8 Å². The van der Waals surface area contributed by atoms with Crippen LogP contribution in [0.3, 0.4) is 0 Å². The number of nitrogens with zero attached hydrogens (tertiary/aromatic N) is 2. The van der Waals surface area contributed by atoms with Gasteiger partial charge in [0.1, 0.15) is 0 Å².